The quantitative estimate of drug-likeness (QED) is 0.547. The van der Waals surface area contributed by atoms with Crippen LogP contribution in [0.25, 0.3) is 0 Å². The average molecular weight is 227 g/mol. The molecule has 0 aromatic carbocycles. The van der Waals surface area contributed by atoms with E-state index in [2.05, 4.69) is 44.5 Å². The van der Waals surface area contributed by atoms with Crippen molar-refractivity contribution in [2.75, 3.05) is 13.2 Å². The first-order valence-corrected chi connectivity index (χ1v) is 6.07. The molecule has 0 amide bonds. The molecule has 0 radical (unpaired) electrons. The van der Waals surface area contributed by atoms with Gasteiger partial charge in [0.25, 0.3) is 0 Å². The Kier molecular flexibility index (Phi) is 4.19. The molecule has 94 valence electrons. The molecule has 0 aromatic heterocycles. The zero-order valence-corrected chi connectivity index (χ0v) is 11.2. The highest BCUT2D eigenvalue weighted by Crippen LogP contribution is 2.15. The molecule has 0 aromatic rings. The van der Waals surface area contributed by atoms with Crippen molar-refractivity contribution in [1.29, 1.82) is 0 Å². The Labute approximate surface area is 98.9 Å². The predicted molar refractivity (Wildman–Crippen MR) is 67.6 cm³/mol. The molecule has 1 rings (SSSR count). The maximum atomic E-state index is 6.08. The monoisotopic (exact) mass is 227 g/mol. The van der Waals surface area contributed by atoms with E-state index in [0.717, 1.165) is 19.6 Å². The van der Waals surface area contributed by atoms with Crippen molar-refractivity contribution in [2.24, 2.45) is 10.7 Å². The van der Waals surface area contributed by atoms with E-state index in [0.29, 0.717) is 12.0 Å². The Morgan fingerprint density at radius 2 is 2.12 bits per heavy atom. The largest absolute Gasteiger partial charge is 0.375 e. The minimum Gasteiger partial charge on any atom is -0.375 e. The molecule has 1 aliphatic heterocycles. The Bertz CT molecular complexity index is 257. The lowest BCUT2D eigenvalue weighted by atomic mass is 10.1. The summed E-state index contributed by atoms with van der Waals surface area (Å²) in [7, 11) is 0. The number of morpholine rings is 1. The van der Waals surface area contributed by atoms with Crippen LogP contribution in [0.5, 0.6) is 0 Å². The van der Waals surface area contributed by atoms with E-state index in [1.165, 1.54) is 0 Å². The van der Waals surface area contributed by atoms with Crippen molar-refractivity contribution in [3.63, 3.8) is 0 Å². The number of rotatable bonds is 1. The number of nitrogens with zero attached hydrogens (tertiary/aromatic N) is 2. The van der Waals surface area contributed by atoms with Gasteiger partial charge in [0.05, 0.1) is 24.3 Å². The summed E-state index contributed by atoms with van der Waals surface area (Å²) in [4.78, 5) is 6.71. The molecule has 2 atom stereocenters. The molecular weight excluding hydrogens is 202 g/mol. The van der Waals surface area contributed by atoms with Gasteiger partial charge in [-0.25, -0.2) is 4.99 Å². The van der Waals surface area contributed by atoms with Crippen molar-refractivity contribution in [2.45, 2.75) is 58.7 Å². The van der Waals surface area contributed by atoms with Gasteiger partial charge >= 0.3 is 0 Å². The fourth-order valence-corrected chi connectivity index (χ4v) is 1.87. The second-order valence-electron chi connectivity index (χ2n) is 5.50. The fourth-order valence-electron chi connectivity index (χ4n) is 1.87. The van der Waals surface area contributed by atoms with Crippen molar-refractivity contribution in [3.8, 4) is 0 Å². The summed E-state index contributed by atoms with van der Waals surface area (Å²) in [5, 5.41) is 0. The molecule has 1 saturated heterocycles. The highest BCUT2D eigenvalue weighted by Gasteiger charge is 2.27. The van der Waals surface area contributed by atoms with Crippen molar-refractivity contribution < 1.29 is 4.74 Å². The zero-order valence-electron chi connectivity index (χ0n) is 11.2. The Balaban J connectivity index is 2.78. The van der Waals surface area contributed by atoms with Crippen LogP contribution in [0, 0.1) is 0 Å². The van der Waals surface area contributed by atoms with Crippen LogP contribution < -0.4 is 5.73 Å². The fraction of sp³-hybridized carbons (Fsp3) is 0.917. The predicted octanol–water partition coefficient (Wildman–Crippen LogP) is 1.60. The van der Waals surface area contributed by atoms with E-state index in [9.17, 15) is 0 Å². The summed E-state index contributed by atoms with van der Waals surface area (Å²) in [5.74, 6) is 0.648. The third-order valence-corrected chi connectivity index (χ3v) is 2.68. The van der Waals surface area contributed by atoms with E-state index in [-0.39, 0.29) is 11.6 Å². The lowest BCUT2D eigenvalue weighted by molar-refractivity contribution is -0.0291. The molecule has 4 heteroatoms. The molecule has 16 heavy (non-hydrogen) atoms. The highest BCUT2D eigenvalue weighted by molar-refractivity contribution is 5.79. The topological polar surface area (TPSA) is 50.9 Å². The maximum Gasteiger partial charge on any atom is 0.192 e. The molecule has 4 nitrogen and oxygen atoms in total. The number of hydrogen-bond acceptors (Lipinski definition) is 2. The zero-order chi connectivity index (χ0) is 12.3. The molecule has 2 unspecified atom stereocenters. The van der Waals surface area contributed by atoms with E-state index in [1.807, 2.05) is 0 Å². The van der Waals surface area contributed by atoms with Gasteiger partial charge in [-0.15, -0.1) is 0 Å². The van der Waals surface area contributed by atoms with E-state index in [4.69, 9.17) is 10.5 Å². The van der Waals surface area contributed by atoms with Crippen LogP contribution in [0.1, 0.15) is 41.0 Å². The average Bonchev–Trinajstić information content (AvgIpc) is 2.15. The normalized spacial score (nSPS) is 28.3. The molecular formula is C12H25N3O. The smallest absolute Gasteiger partial charge is 0.192 e. The number of guanidine groups is 1. The van der Waals surface area contributed by atoms with Gasteiger partial charge < -0.3 is 15.4 Å². The van der Waals surface area contributed by atoms with Crippen molar-refractivity contribution in [1.82, 2.24) is 4.90 Å². The summed E-state index contributed by atoms with van der Waals surface area (Å²) in [6.07, 6.45) is 1.27. The van der Waals surface area contributed by atoms with Crippen LogP contribution in [-0.2, 0) is 4.74 Å². The second-order valence-corrected chi connectivity index (χ2v) is 5.50. The molecule has 0 bridgehead atoms. The van der Waals surface area contributed by atoms with Crippen LogP contribution in [-0.4, -0.2) is 41.7 Å². The van der Waals surface area contributed by atoms with Gasteiger partial charge in [0.2, 0.25) is 0 Å². The van der Waals surface area contributed by atoms with Gasteiger partial charge in [-0.1, -0.05) is 6.92 Å². The third kappa shape index (κ3) is 3.67. The summed E-state index contributed by atoms with van der Waals surface area (Å²) in [5.41, 5.74) is 5.96. The molecule has 0 saturated carbocycles. The molecule has 2 N–H and O–H groups in total. The van der Waals surface area contributed by atoms with Gasteiger partial charge in [-0.05, 0) is 34.1 Å². The third-order valence-electron chi connectivity index (χ3n) is 2.68. The standard InChI is InChI=1S/C12H25N3O/c1-6-10-8-16-9(2)7-15(10)11(13)14-12(3,4)5/h9-10H,6-8H2,1-5H3,(H2,13,14). The van der Waals surface area contributed by atoms with Crippen LogP contribution in [0.2, 0.25) is 0 Å². The lowest BCUT2D eigenvalue weighted by Gasteiger charge is -2.39. The maximum absolute atomic E-state index is 6.08. The lowest BCUT2D eigenvalue weighted by Crippen LogP contribution is -2.54. The Hall–Kier alpha value is -0.770. The van der Waals surface area contributed by atoms with E-state index < -0.39 is 0 Å². The second kappa shape index (κ2) is 5.04. The van der Waals surface area contributed by atoms with Gasteiger partial charge in [-0.3, -0.25) is 0 Å². The molecule has 0 spiro atoms. The van der Waals surface area contributed by atoms with E-state index in [1.54, 1.807) is 0 Å². The molecule has 1 fully saturated rings. The molecule has 1 heterocycles. The molecule has 0 aliphatic carbocycles. The Morgan fingerprint density at radius 3 is 2.62 bits per heavy atom. The van der Waals surface area contributed by atoms with Crippen LogP contribution in [0.3, 0.4) is 0 Å². The van der Waals surface area contributed by atoms with Crippen molar-refractivity contribution >= 4 is 5.96 Å². The summed E-state index contributed by atoms with van der Waals surface area (Å²) >= 11 is 0. The van der Waals surface area contributed by atoms with Crippen LogP contribution in [0.4, 0.5) is 0 Å². The van der Waals surface area contributed by atoms with Gasteiger partial charge in [0, 0.05) is 6.54 Å². The first-order valence-electron chi connectivity index (χ1n) is 6.07. The first-order chi connectivity index (χ1) is 7.33. The minimum absolute atomic E-state index is 0.121. The van der Waals surface area contributed by atoms with Crippen LogP contribution >= 0.6 is 0 Å². The van der Waals surface area contributed by atoms with Gasteiger partial charge in [0.1, 0.15) is 0 Å². The number of nitrogens with two attached hydrogens (primary N) is 1. The van der Waals surface area contributed by atoms with Gasteiger partial charge in [-0.2, -0.15) is 0 Å². The first kappa shape index (κ1) is 13.3. The highest BCUT2D eigenvalue weighted by atomic mass is 16.5. The number of hydrogen-bond donors (Lipinski definition) is 1. The summed E-state index contributed by atoms with van der Waals surface area (Å²) in [6.45, 7) is 12.0. The molecule has 1 aliphatic rings. The summed E-state index contributed by atoms with van der Waals surface area (Å²) in [6, 6.07) is 0.363. The Morgan fingerprint density at radius 1 is 1.50 bits per heavy atom. The number of ether oxygens (including phenoxy) is 1. The minimum atomic E-state index is -0.121. The van der Waals surface area contributed by atoms with E-state index >= 15 is 0 Å². The number of aliphatic imine (C=N–C) groups is 1. The SMILES string of the molecule is CCC1COC(C)CN1C(N)=NC(C)(C)C. The summed E-state index contributed by atoms with van der Waals surface area (Å²) < 4.78 is 5.64. The van der Waals surface area contributed by atoms with Crippen molar-refractivity contribution in [3.05, 3.63) is 0 Å². The van der Waals surface area contributed by atoms with Crippen LogP contribution in [0.15, 0.2) is 4.99 Å². The van der Waals surface area contributed by atoms with Gasteiger partial charge in [0.15, 0.2) is 5.96 Å².